The molecule has 214 valence electrons. The van der Waals surface area contributed by atoms with Crippen molar-refractivity contribution >= 4 is 21.6 Å². The van der Waals surface area contributed by atoms with Crippen molar-refractivity contribution in [3.8, 4) is 0 Å². The predicted molar refractivity (Wildman–Crippen MR) is 173 cm³/mol. The number of rotatable bonds is 25. The molecule has 0 bridgehead atoms. The van der Waals surface area contributed by atoms with Gasteiger partial charge >= 0.3 is 0 Å². The van der Waals surface area contributed by atoms with Gasteiger partial charge in [0.1, 0.15) is 0 Å². The van der Waals surface area contributed by atoms with Gasteiger partial charge in [0.15, 0.2) is 0 Å². The third-order valence-electron chi connectivity index (χ3n) is 6.88. The summed E-state index contributed by atoms with van der Waals surface area (Å²) in [7, 11) is 4.01. The molecule has 0 fully saturated rings. The SMILES string of the molecule is Cc1ccccc1CNCCCCCCNCCSSCCNCCCCCCNCc1ccccc1C. The summed E-state index contributed by atoms with van der Waals surface area (Å²) in [6.07, 6.45) is 10.5. The van der Waals surface area contributed by atoms with E-state index in [1.54, 1.807) is 0 Å². The molecule has 0 atom stereocenters. The molecule has 2 aromatic rings. The molecule has 2 rings (SSSR count). The number of hydrogen-bond acceptors (Lipinski definition) is 6. The zero-order chi connectivity index (χ0) is 26.9. The van der Waals surface area contributed by atoms with Gasteiger partial charge in [0, 0.05) is 37.7 Å². The predicted octanol–water partition coefficient (Wildman–Crippen LogP) is 6.86. The van der Waals surface area contributed by atoms with E-state index in [1.807, 2.05) is 21.6 Å². The van der Waals surface area contributed by atoms with Crippen molar-refractivity contribution in [2.75, 3.05) is 50.8 Å². The van der Waals surface area contributed by atoms with Gasteiger partial charge in [-0.05, 0) is 88.0 Å². The summed E-state index contributed by atoms with van der Waals surface area (Å²) in [5.41, 5.74) is 5.61. The number of nitrogens with one attached hydrogen (secondary N) is 4. The van der Waals surface area contributed by atoms with E-state index in [4.69, 9.17) is 0 Å². The molecule has 0 saturated carbocycles. The maximum absolute atomic E-state index is 3.60. The lowest BCUT2D eigenvalue weighted by Crippen LogP contribution is -2.19. The third-order valence-corrected chi connectivity index (χ3v) is 9.28. The van der Waals surface area contributed by atoms with Gasteiger partial charge in [-0.2, -0.15) is 0 Å². The summed E-state index contributed by atoms with van der Waals surface area (Å²) >= 11 is 0. The van der Waals surface area contributed by atoms with Gasteiger partial charge in [0.05, 0.1) is 0 Å². The van der Waals surface area contributed by atoms with E-state index < -0.39 is 0 Å². The Balaban J connectivity index is 1.20. The van der Waals surface area contributed by atoms with Gasteiger partial charge in [-0.3, -0.25) is 0 Å². The molecule has 2 aromatic carbocycles. The highest BCUT2D eigenvalue weighted by atomic mass is 33.1. The maximum Gasteiger partial charge on any atom is 0.0208 e. The summed E-state index contributed by atoms with van der Waals surface area (Å²) < 4.78 is 0. The number of benzene rings is 2. The highest BCUT2D eigenvalue weighted by Crippen LogP contribution is 2.19. The molecule has 4 N–H and O–H groups in total. The fraction of sp³-hybridized carbons (Fsp3) is 0.625. The largest absolute Gasteiger partial charge is 0.316 e. The van der Waals surface area contributed by atoms with E-state index in [0.29, 0.717) is 0 Å². The Labute approximate surface area is 242 Å². The van der Waals surface area contributed by atoms with Crippen molar-refractivity contribution in [1.82, 2.24) is 21.3 Å². The normalized spacial score (nSPS) is 11.3. The van der Waals surface area contributed by atoms with E-state index in [-0.39, 0.29) is 0 Å². The Bertz CT molecular complexity index is 750. The van der Waals surface area contributed by atoms with Crippen LogP contribution in [0.25, 0.3) is 0 Å². The Morgan fingerprint density at radius 2 is 0.816 bits per heavy atom. The Morgan fingerprint density at radius 3 is 1.21 bits per heavy atom. The first-order valence-electron chi connectivity index (χ1n) is 14.9. The van der Waals surface area contributed by atoms with Crippen LogP contribution < -0.4 is 21.3 Å². The zero-order valence-electron chi connectivity index (χ0n) is 24.2. The topological polar surface area (TPSA) is 48.1 Å². The molecule has 0 heterocycles. The molecule has 6 heteroatoms. The van der Waals surface area contributed by atoms with Crippen molar-refractivity contribution in [1.29, 1.82) is 0 Å². The van der Waals surface area contributed by atoms with Gasteiger partial charge in [-0.1, -0.05) is 95.8 Å². The zero-order valence-corrected chi connectivity index (χ0v) is 25.8. The van der Waals surface area contributed by atoms with Crippen LogP contribution >= 0.6 is 21.6 Å². The minimum atomic E-state index is 0.994. The lowest BCUT2D eigenvalue weighted by Gasteiger charge is -2.08. The lowest BCUT2D eigenvalue weighted by atomic mass is 10.1. The van der Waals surface area contributed by atoms with Crippen LogP contribution in [0.15, 0.2) is 48.5 Å². The standard InChI is InChI=1S/C32H54N4S2/c1-29-15-7-9-17-31(29)27-35-21-13-5-3-11-19-33-23-25-37-38-26-24-34-20-12-4-6-14-22-36-28-32-18-10-8-16-30(32)2/h7-10,15-18,33-36H,3-6,11-14,19-28H2,1-2H3. The van der Waals surface area contributed by atoms with E-state index >= 15 is 0 Å². The van der Waals surface area contributed by atoms with E-state index in [2.05, 4.69) is 83.6 Å². The number of unbranched alkanes of at least 4 members (excludes halogenated alkanes) is 6. The first-order valence-corrected chi connectivity index (χ1v) is 17.4. The van der Waals surface area contributed by atoms with Gasteiger partial charge < -0.3 is 21.3 Å². The molecule has 0 unspecified atom stereocenters. The van der Waals surface area contributed by atoms with Crippen molar-refractivity contribution in [2.45, 2.75) is 78.3 Å². The fourth-order valence-electron chi connectivity index (χ4n) is 4.37. The van der Waals surface area contributed by atoms with Gasteiger partial charge in [-0.15, -0.1) is 0 Å². The molecule has 4 nitrogen and oxygen atoms in total. The first kappa shape index (κ1) is 33.2. The number of aryl methyl sites for hydroxylation is 2. The van der Waals surface area contributed by atoms with Crippen molar-refractivity contribution in [3.05, 3.63) is 70.8 Å². The second-order valence-electron chi connectivity index (χ2n) is 10.2. The second-order valence-corrected chi connectivity index (χ2v) is 12.9. The molecular weight excluding hydrogens is 505 g/mol. The average Bonchev–Trinajstić information content (AvgIpc) is 2.93. The molecule has 0 aromatic heterocycles. The molecule has 0 saturated heterocycles. The molecule has 0 radical (unpaired) electrons. The van der Waals surface area contributed by atoms with Crippen molar-refractivity contribution in [3.63, 3.8) is 0 Å². The average molecular weight is 559 g/mol. The van der Waals surface area contributed by atoms with Crippen LogP contribution in [0, 0.1) is 13.8 Å². The minimum absolute atomic E-state index is 0.994. The van der Waals surface area contributed by atoms with Crippen LogP contribution in [0.4, 0.5) is 0 Å². The van der Waals surface area contributed by atoms with Crippen molar-refractivity contribution in [2.24, 2.45) is 0 Å². The van der Waals surface area contributed by atoms with E-state index in [1.165, 1.54) is 85.1 Å². The Kier molecular flexibility index (Phi) is 20.8. The Hall–Kier alpha value is -1.02. The fourth-order valence-corrected chi connectivity index (χ4v) is 6.26. The quantitative estimate of drug-likeness (QED) is 0.0789. The summed E-state index contributed by atoms with van der Waals surface area (Å²) in [5, 5.41) is 14.4. The van der Waals surface area contributed by atoms with Crippen molar-refractivity contribution < 1.29 is 0 Å². The van der Waals surface area contributed by atoms with Crippen LogP contribution in [0.3, 0.4) is 0 Å². The van der Waals surface area contributed by atoms with Crippen LogP contribution in [-0.4, -0.2) is 50.8 Å². The highest BCUT2D eigenvalue weighted by Gasteiger charge is 1.98. The van der Waals surface area contributed by atoms with E-state index in [0.717, 1.165) is 52.4 Å². The highest BCUT2D eigenvalue weighted by molar-refractivity contribution is 8.76. The molecule has 0 amide bonds. The molecule has 0 aliphatic heterocycles. The molecule has 38 heavy (non-hydrogen) atoms. The lowest BCUT2D eigenvalue weighted by molar-refractivity contribution is 0.569. The third kappa shape index (κ3) is 17.5. The smallest absolute Gasteiger partial charge is 0.0208 e. The molecule has 0 aliphatic rings. The molecule has 0 spiro atoms. The monoisotopic (exact) mass is 558 g/mol. The summed E-state index contributed by atoms with van der Waals surface area (Å²) in [6, 6.07) is 17.3. The second kappa shape index (κ2) is 23.8. The van der Waals surface area contributed by atoms with Crippen LogP contribution in [0.5, 0.6) is 0 Å². The van der Waals surface area contributed by atoms with Crippen LogP contribution in [0.2, 0.25) is 0 Å². The van der Waals surface area contributed by atoms with E-state index in [9.17, 15) is 0 Å². The van der Waals surface area contributed by atoms with Gasteiger partial charge in [0.2, 0.25) is 0 Å². The summed E-state index contributed by atoms with van der Waals surface area (Å²) in [5.74, 6) is 2.40. The van der Waals surface area contributed by atoms with Crippen LogP contribution in [0.1, 0.15) is 73.6 Å². The maximum atomic E-state index is 3.60. The Morgan fingerprint density at radius 1 is 0.447 bits per heavy atom. The van der Waals surface area contributed by atoms with Gasteiger partial charge in [0.25, 0.3) is 0 Å². The summed E-state index contributed by atoms with van der Waals surface area (Å²) in [4.78, 5) is 0. The first-order chi connectivity index (χ1) is 18.8. The van der Waals surface area contributed by atoms with Gasteiger partial charge in [-0.25, -0.2) is 0 Å². The van der Waals surface area contributed by atoms with Crippen LogP contribution in [-0.2, 0) is 13.1 Å². The minimum Gasteiger partial charge on any atom is -0.316 e. The molecule has 0 aliphatic carbocycles. The number of hydrogen-bond donors (Lipinski definition) is 4. The summed E-state index contributed by atoms with van der Waals surface area (Å²) in [6.45, 7) is 13.2. The molecular formula is C32H54N4S2.